The average molecular weight is 178 g/mol. The van der Waals surface area contributed by atoms with Gasteiger partial charge in [0.25, 0.3) is 0 Å². The van der Waals surface area contributed by atoms with Gasteiger partial charge in [-0.05, 0) is 32.9 Å². The van der Waals surface area contributed by atoms with Crippen LogP contribution in [0.2, 0.25) is 0 Å². The van der Waals surface area contributed by atoms with E-state index in [2.05, 4.69) is 25.8 Å². The van der Waals surface area contributed by atoms with Crippen LogP contribution in [-0.4, -0.2) is 15.6 Å². The number of hydroxylamine groups is 2. The molecule has 1 saturated heterocycles. The lowest BCUT2D eigenvalue weighted by molar-refractivity contribution is 0.101. The first-order chi connectivity index (χ1) is 6.09. The maximum Gasteiger partial charge on any atom is 0.180 e. The Bertz CT molecular complexity index is 292. The van der Waals surface area contributed by atoms with Crippen molar-refractivity contribution in [3.05, 3.63) is 30.1 Å². The lowest BCUT2D eigenvalue weighted by atomic mass is 10.1. The number of rotatable bonds is 1. The van der Waals surface area contributed by atoms with Crippen molar-refractivity contribution in [2.75, 3.05) is 0 Å². The summed E-state index contributed by atoms with van der Waals surface area (Å²) in [6, 6.07) is 3.97. The van der Waals surface area contributed by atoms with Crippen molar-refractivity contribution in [1.29, 1.82) is 0 Å². The molecule has 0 amide bonds. The van der Waals surface area contributed by atoms with Crippen molar-refractivity contribution >= 4 is 0 Å². The molecule has 1 aromatic heterocycles. The first-order valence-corrected chi connectivity index (χ1v) is 4.45. The largest absolute Gasteiger partial charge is 0.269 e. The summed E-state index contributed by atoms with van der Waals surface area (Å²) in [7, 11) is 0. The smallest absolute Gasteiger partial charge is 0.180 e. The maximum absolute atomic E-state index is 5.47. The fraction of sp³-hybridized carbons (Fsp3) is 0.500. The number of aromatic nitrogens is 1. The van der Waals surface area contributed by atoms with E-state index in [4.69, 9.17) is 4.84 Å². The van der Waals surface area contributed by atoms with E-state index < -0.39 is 0 Å². The molecule has 0 radical (unpaired) electrons. The lowest BCUT2D eigenvalue weighted by Gasteiger charge is -2.16. The molecule has 2 rings (SSSR count). The Labute approximate surface area is 78.3 Å². The van der Waals surface area contributed by atoms with Crippen molar-refractivity contribution in [1.82, 2.24) is 10.0 Å². The Morgan fingerprint density at radius 2 is 1.92 bits per heavy atom. The van der Waals surface area contributed by atoms with Crippen LogP contribution in [0.1, 0.15) is 32.6 Å². The van der Waals surface area contributed by atoms with E-state index in [-0.39, 0.29) is 11.8 Å². The normalized spacial score (nSPS) is 27.3. The number of hydrogen-bond donors (Lipinski definition) is 0. The third-order valence-electron chi connectivity index (χ3n) is 2.03. The van der Waals surface area contributed by atoms with Crippen molar-refractivity contribution in [3.8, 4) is 0 Å². The molecule has 2 heterocycles. The van der Waals surface area contributed by atoms with Crippen LogP contribution in [0.5, 0.6) is 0 Å². The summed E-state index contributed by atoms with van der Waals surface area (Å²) in [6.07, 6.45) is 3.71. The van der Waals surface area contributed by atoms with Crippen LogP contribution < -0.4 is 0 Å². The molecule has 1 fully saturated rings. The SMILES string of the molecule is CC(C)(C)N1O[C@@H]1c1ccncc1. The Morgan fingerprint density at radius 1 is 1.31 bits per heavy atom. The minimum Gasteiger partial charge on any atom is -0.269 e. The quantitative estimate of drug-likeness (QED) is 0.617. The topological polar surface area (TPSA) is 28.4 Å². The maximum atomic E-state index is 5.47. The molecule has 3 heteroatoms. The molecule has 0 bridgehead atoms. The zero-order valence-electron chi connectivity index (χ0n) is 8.19. The highest BCUT2D eigenvalue weighted by atomic mass is 16.8. The van der Waals surface area contributed by atoms with E-state index in [0.29, 0.717) is 0 Å². The van der Waals surface area contributed by atoms with Gasteiger partial charge in [-0.2, -0.15) is 0 Å². The monoisotopic (exact) mass is 178 g/mol. The van der Waals surface area contributed by atoms with Crippen LogP contribution in [0.25, 0.3) is 0 Å². The van der Waals surface area contributed by atoms with Gasteiger partial charge in [0.05, 0.1) is 0 Å². The Kier molecular flexibility index (Phi) is 1.86. The Hall–Kier alpha value is -0.930. The summed E-state index contributed by atoms with van der Waals surface area (Å²) >= 11 is 0. The highest BCUT2D eigenvalue weighted by molar-refractivity contribution is 5.15. The Morgan fingerprint density at radius 3 is 2.38 bits per heavy atom. The zero-order chi connectivity index (χ0) is 9.47. The highest BCUT2D eigenvalue weighted by Crippen LogP contribution is 2.42. The van der Waals surface area contributed by atoms with Gasteiger partial charge in [-0.15, -0.1) is 5.06 Å². The molecule has 2 atom stereocenters. The first kappa shape index (κ1) is 8.66. The summed E-state index contributed by atoms with van der Waals surface area (Å²) in [4.78, 5) is 9.44. The van der Waals surface area contributed by atoms with Crippen molar-refractivity contribution in [2.45, 2.75) is 32.5 Å². The second-order valence-electron chi connectivity index (χ2n) is 4.23. The second kappa shape index (κ2) is 2.79. The van der Waals surface area contributed by atoms with E-state index in [1.807, 2.05) is 17.2 Å². The van der Waals surface area contributed by atoms with Crippen molar-refractivity contribution in [2.24, 2.45) is 0 Å². The van der Waals surface area contributed by atoms with Crippen LogP contribution in [-0.2, 0) is 4.84 Å². The zero-order valence-corrected chi connectivity index (χ0v) is 8.19. The molecule has 1 aliphatic heterocycles. The molecule has 1 unspecified atom stereocenters. The molecular formula is C10H14N2O. The third-order valence-corrected chi connectivity index (χ3v) is 2.03. The van der Waals surface area contributed by atoms with Crippen molar-refractivity contribution < 1.29 is 4.84 Å². The molecule has 0 aliphatic carbocycles. The molecule has 0 aromatic carbocycles. The molecule has 0 N–H and O–H groups in total. The van der Waals surface area contributed by atoms with Gasteiger partial charge in [-0.1, -0.05) is 0 Å². The molecule has 0 spiro atoms. The molecule has 1 aliphatic rings. The second-order valence-corrected chi connectivity index (χ2v) is 4.23. The molecule has 13 heavy (non-hydrogen) atoms. The summed E-state index contributed by atoms with van der Waals surface area (Å²) in [5.74, 6) is 0. The average Bonchev–Trinajstić information content (AvgIpc) is 2.83. The standard InChI is InChI=1S/C10H14N2O/c1-10(2,3)12-9(13-12)8-4-6-11-7-5-8/h4-7,9H,1-3H3/t9-,12?/m1/s1. The van der Waals surface area contributed by atoms with Crippen LogP contribution in [0, 0.1) is 0 Å². The van der Waals surface area contributed by atoms with Gasteiger partial charge < -0.3 is 0 Å². The summed E-state index contributed by atoms with van der Waals surface area (Å²) in [5.41, 5.74) is 1.25. The Balaban J connectivity index is 2.09. The third kappa shape index (κ3) is 1.71. The predicted octanol–water partition coefficient (Wildman–Crippen LogP) is 2.13. The van der Waals surface area contributed by atoms with Gasteiger partial charge in [0.2, 0.25) is 0 Å². The summed E-state index contributed by atoms with van der Waals surface area (Å²) in [5, 5.41) is 1.99. The minimum atomic E-state index is 0.0773. The van der Waals surface area contributed by atoms with E-state index in [0.717, 1.165) is 0 Å². The van der Waals surface area contributed by atoms with Crippen molar-refractivity contribution in [3.63, 3.8) is 0 Å². The van der Waals surface area contributed by atoms with E-state index in [9.17, 15) is 0 Å². The fourth-order valence-corrected chi connectivity index (χ4v) is 1.31. The molecule has 3 nitrogen and oxygen atoms in total. The van der Waals surface area contributed by atoms with Gasteiger partial charge in [0.1, 0.15) is 0 Å². The molecule has 70 valence electrons. The van der Waals surface area contributed by atoms with Crippen LogP contribution in [0.4, 0.5) is 0 Å². The van der Waals surface area contributed by atoms with E-state index >= 15 is 0 Å². The van der Waals surface area contributed by atoms with E-state index in [1.54, 1.807) is 12.4 Å². The minimum absolute atomic E-state index is 0.0773. The van der Waals surface area contributed by atoms with Gasteiger partial charge in [-0.3, -0.25) is 9.82 Å². The van der Waals surface area contributed by atoms with E-state index in [1.165, 1.54) is 5.56 Å². The fourth-order valence-electron chi connectivity index (χ4n) is 1.31. The predicted molar refractivity (Wildman–Crippen MR) is 49.7 cm³/mol. The van der Waals surface area contributed by atoms with Gasteiger partial charge in [-0.25, -0.2) is 0 Å². The van der Waals surface area contributed by atoms with Gasteiger partial charge >= 0.3 is 0 Å². The van der Waals surface area contributed by atoms with Gasteiger partial charge in [0.15, 0.2) is 6.23 Å². The summed E-state index contributed by atoms with van der Waals surface area (Å²) in [6.45, 7) is 6.40. The number of pyridine rings is 1. The number of nitrogens with zero attached hydrogens (tertiary/aromatic N) is 2. The molecular weight excluding hydrogens is 164 g/mol. The van der Waals surface area contributed by atoms with Crippen LogP contribution in [0.15, 0.2) is 24.5 Å². The molecule has 1 aromatic rings. The summed E-state index contributed by atoms with van der Waals surface area (Å²) < 4.78 is 0. The highest BCUT2D eigenvalue weighted by Gasteiger charge is 2.45. The molecule has 0 saturated carbocycles. The van der Waals surface area contributed by atoms with Gasteiger partial charge in [0, 0.05) is 23.5 Å². The lowest BCUT2D eigenvalue weighted by Crippen LogP contribution is -2.25. The van der Waals surface area contributed by atoms with Crippen LogP contribution in [0.3, 0.4) is 0 Å². The number of hydrogen-bond acceptors (Lipinski definition) is 3. The van der Waals surface area contributed by atoms with Crippen LogP contribution >= 0.6 is 0 Å². The first-order valence-electron chi connectivity index (χ1n) is 4.45.